The lowest BCUT2D eigenvalue weighted by atomic mass is 10.0. The van der Waals surface area contributed by atoms with Gasteiger partial charge in [-0.15, -0.1) is 0 Å². The molecule has 6 heteroatoms. The Hall–Kier alpha value is -1.95. The summed E-state index contributed by atoms with van der Waals surface area (Å²) in [7, 11) is 1.55. The van der Waals surface area contributed by atoms with E-state index >= 15 is 0 Å². The molecule has 1 aromatic heterocycles. The summed E-state index contributed by atoms with van der Waals surface area (Å²) in [5.41, 5.74) is 0.535. The predicted molar refractivity (Wildman–Crippen MR) is 78.8 cm³/mol. The summed E-state index contributed by atoms with van der Waals surface area (Å²) in [6, 6.07) is 4.66. The minimum absolute atomic E-state index is 0.208. The second-order valence-electron chi connectivity index (χ2n) is 4.66. The third-order valence-electron chi connectivity index (χ3n) is 3.41. The maximum absolute atomic E-state index is 14.3. The van der Waals surface area contributed by atoms with Crippen molar-refractivity contribution >= 4 is 0 Å². The number of methoxy groups -OCH3 is 1. The van der Waals surface area contributed by atoms with Gasteiger partial charge in [0.05, 0.1) is 7.11 Å². The van der Waals surface area contributed by atoms with Crippen molar-refractivity contribution < 1.29 is 9.13 Å². The van der Waals surface area contributed by atoms with E-state index in [9.17, 15) is 4.39 Å². The van der Waals surface area contributed by atoms with E-state index in [-0.39, 0.29) is 11.9 Å². The Morgan fingerprint density at radius 1 is 1.38 bits per heavy atom. The van der Waals surface area contributed by atoms with Gasteiger partial charge in [0.1, 0.15) is 23.7 Å². The number of likely N-dealkylation sites (N-methyl/N-ethyl adjacent to an activating group) is 1. The number of nitrogens with one attached hydrogen (secondary N) is 1. The maximum Gasteiger partial charge on any atom is 0.138 e. The van der Waals surface area contributed by atoms with Gasteiger partial charge in [0.25, 0.3) is 0 Å². The zero-order chi connectivity index (χ0) is 15.2. The Kier molecular flexibility index (Phi) is 5.27. The van der Waals surface area contributed by atoms with Crippen molar-refractivity contribution in [2.75, 3.05) is 13.7 Å². The van der Waals surface area contributed by atoms with Crippen LogP contribution in [0.2, 0.25) is 0 Å². The minimum Gasteiger partial charge on any atom is -0.496 e. The molecule has 21 heavy (non-hydrogen) atoms. The van der Waals surface area contributed by atoms with Crippen LogP contribution >= 0.6 is 0 Å². The van der Waals surface area contributed by atoms with E-state index in [1.54, 1.807) is 19.2 Å². The number of hydrogen-bond donors (Lipinski definition) is 1. The van der Waals surface area contributed by atoms with Crippen LogP contribution in [0.25, 0.3) is 0 Å². The number of rotatable bonds is 7. The van der Waals surface area contributed by atoms with Crippen LogP contribution in [-0.4, -0.2) is 28.4 Å². The summed E-state index contributed by atoms with van der Waals surface area (Å²) >= 11 is 0. The number of hydrogen-bond acceptors (Lipinski definition) is 4. The van der Waals surface area contributed by atoms with E-state index < -0.39 is 0 Å². The molecule has 0 fully saturated rings. The molecule has 0 aliphatic carbocycles. The molecule has 0 spiro atoms. The number of halogens is 1. The Morgan fingerprint density at radius 3 is 2.86 bits per heavy atom. The van der Waals surface area contributed by atoms with E-state index in [1.807, 2.05) is 18.5 Å². The van der Waals surface area contributed by atoms with Gasteiger partial charge in [0.15, 0.2) is 0 Å². The Morgan fingerprint density at radius 2 is 2.19 bits per heavy atom. The normalized spacial score (nSPS) is 12.4. The molecule has 1 aromatic carbocycles. The highest BCUT2D eigenvalue weighted by Gasteiger charge is 2.22. The average molecular weight is 292 g/mol. The van der Waals surface area contributed by atoms with Gasteiger partial charge in [-0.1, -0.05) is 13.0 Å². The fourth-order valence-electron chi connectivity index (χ4n) is 2.45. The molecule has 2 rings (SSSR count). The number of ether oxygens (including phenoxy) is 1. The Bertz CT molecular complexity index is 585. The summed E-state index contributed by atoms with van der Waals surface area (Å²) in [6.45, 7) is 5.46. The molecule has 1 atom stereocenters. The molecule has 0 bridgehead atoms. The van der Waals surface area contributed by atoms with Crippen molar-refractivity contribution in [2.45, 2.75) is 32.9 Å². The van der Waals surface area contributed by atoms with Crippen LogP contribution in [-0.2, 0) is 13.0 Å². The van der Waals surface area contributed by atoms with Crippen LogP contribution in [0.5, 0.6) is 5.75 Å². The monoisotopic (exact) mass is 292 g/mol. The van der Waals surface area contributed by atoms with E-state index in [0.29, 0.717) is 17.7 Å². The van der Waals surface area contributed by atoms with Gasteiger partial charge in [-0.3, -0.25) is 4.68 Å². The van der Waals surface area contributed by atoms with Gasteiger partial charge < -0.3 is 10.1 Å². The first-order chi connectivity index (χ1) is 10.2. The summed E-state index contributed by atoms with van der Waals surface area (Å²) in [6.07, 6.45) is 2.08. The second-order valence-corrected chi connectivity index (χ2v) is 4.66. The van der Waals surface area contributed by atoms with Crippen LogP contribution in [0.15, 0.2) is 24.5 Å². The van der Waals surface area contributed by atoms with E-state index in [0.717, 1.165) is 18.9 Å². The number of aromatic nitrogens is 3. The van der Waals surface area contributed by atoms with Crippen molar-refractivity contribution in [1.29, 1.82) is 0 Å². The molecule has 0 saturated heterocycles. The standard InChI is InChI=1S/C15H21FN4O/c1-4-17-12(9-14-18-10-19-20(14)5-2)15-11(16)7-6-8-13(15)21-3/h6-8,10,12,17H,4-5,9H2,1-3H3. The molecule has 1 unspecified atom stereocenters. The lowest BCUT2D eigenvalue weighted by molar-refractivity contribution is 0.388. The van der Waals surface area contributed by atoms with Crippen LogP contribution in [0.4, 0.5) is 4.39 Å². The van der Waals surface area contributed by atoms with Crippen LogP contribution in [0.1, 0.15) is 31.3 Å². The molecule has 0 amide bonds. The topological polar surface area (TPSA) is 52.0 Å². The lowest BCUT2D eigenvalue weighted by Crippen LogP contribution is -2.26. The summed E-state index contributed by atoms with van der Waals surface area (Å²) in [5, 5.41) is 7.46. The summed E-state index contributed by atoms with van der Waals surface area (Å²) in [5.74, 6) is 1.10. The molecule has 1 N–H and O–H groups in total. The fourth-order valence-corrected chi connectivity index (χ4v) is 2.45. The van der Waals surface area contributed by atoms with Crippen LogP contribution < -0.4 is 10.1 Å². The number of aryl methyl sites for hydroxylation is 1. The van der Waals surface area contributed by atoms with Gasteiger partial charge in [-0.25, -0.2) is 9.37 Å². The van der Waals surface area contributed by atoms with Gasteiger partial charge in [-0.05, 0) is 25.6 Å². The third-order valence-corrected chi connectivity index (χ3v) is 3.41. The molecule has 114 valence electrons. The third kappa shape index (κ3) is 3.39. The lowest BCUT2D eigenvalue weighted by Gasteiger charge is -2.21. The summed E-state index contributed by atoms with van der Waals surface area (Å²) in [4.78, 5) is 4.27. The quantitative estimate of drug-likeness (QED) is 0.851. The zero-order valence-electron chi connectivity index (χ0n) is 12.6. The van der Waals surface area contributed by atoms with Crippen molar-refractivity contribution in [2.24, 2.45) is 0 Å². The van der Waals surface area contributed by atoms with Crippen LogP contribution in [0, 0.1) is 5.82 Å². The zero-order valence-corrected chi connectivity index (χ0v) is 12.6. The SMILES string of the molecule is CCNC(Cc1ncnn1CC)c1c(F)cccc1OC. The summed E-state index contributed by atoms with van der Waals surface area (Å²) < 4.78 is 21.4. The highest BCUT2D eigenvalue weighted by atomic mass is 19.1. The highest BCUT2D eigenvalue weighted by Crippen LogP contribution is 2.29. The van der Waals surface area contributed by atoms with E-state index in [1.165, 1.54) is 12.4 Å². The number of nitrogens with zero attached hydrogens (tertiary/aromatic N) is 3. The molecule has 0 radical (unpaired) electrons. The average Bonchev–Trinajstić information content (AvgIpc) is 2.93. The first-order valence-electron chi connectivity index (χ1n) is 7.13. The Balaban J connectivity index is 2.35. The van der Waals surface area contributed by atoms with Crippen molar-refractivity contribution in [1.82, 2.24) is 20.1 Å². The van der Waals surface area contributed by atoms with Gasteiger partial charge >= 0.3 is 0 Å². The molecule has 5 nitrogen and oxygen atoms in total. The molecule has 0 saturated carbocycles. The second kappa shape index (κ2) is 7.17. The molecule has 0 aliphatic rings. The van der Waals surface area contributed by atoms with Gasteiger partial charge in [0.2, 0.25) is 0 Å². The molecular weight excluding hydrogens is 271 g/mol. The highest BCUT2D eigenvalue weighted by molar-refractivity contribution is 5.37. The molecule has 1 heterocycles. The molecular formula is C15H21FN4O. The molecule has 2 aromatic rings. The molecule has 0 aliphatic heterocycles. The van der Waals surface area contributed by atoms with Crippen LogP contribution in [0.3, 0.4) is 0 Å². The first kappa shape index (κ1) is 15.4. The smallest absolute Gasteiger partial charge is 0.138 e. The number of benzene rings is 1. The Labute approximate surface area is 124 Å². The van der Waals surface area contributed by atoms with E-state index in [4.69, 9.17) is 4.74 Å². The largest absolute Gasteiger partial charge is 0.496 e. The minimum atomic E-state index is -0.275. The van der Waals surface area contributed by atoms with E-state index in [2.05, 4.69) is 15.4 Å². The van der Waals surface area contributed by atoms with Crippen molar-refractivity contribution in [3.05, 3.63) is 41.7 Å². The first-order valence-corrected chi connectivity index (χ1v) is 7.13. The predicted octanol–water partition coefficient (Wildman–Crippen LogP) is 2.34. The van der Waals surface area contributed by atoms with Crippen molar-refractivity contribution in [3.63, 3.8) is 0 Å². The van der Waals surface area contributed by atoms with Crippen molar-refractivity contribution in [3.8, 4) is 5.75 Å². The fraction of sp³-hybridized carbons (Fsp3) is 0.467. The van der Waals surface area contributed by atoms with Gasteiger partial charge in [-0.2, -0.15) is 5.10 Å². The van der Waals surface area contributed by atoms with Gasteiger partial charge in [0, 0.05) is 24.6 Å². The maximum atomic E-state index is 14.3.